The predicted octanol–water partition coefficient (Wildman–Crippen LogP) is 3.34. The van der Waals surface area contributed by atoms with Crippen LogP contribution in [0, 0.1) is 11.6 Å². The van der Waals surface area contributed by atoms with E-state index in [4.69, 9.17) is 4.74 Å². The van der Waals surface area contributed by atoms with E-state index in [1.165, 1.54) is 4.31 Å². The average Bonchev–Trinajstić information content (AvgIpc) is 3.65. The number of amides is 1. The Morgan fingerprint density at radius 1 is 1.14 bits per heavy atom. The molecule has 2 saturated heterocycles. The van der Waals surface area contributed by atoms with Crippen LogP contribution >= 0.6 is 0 Å². The van der Waals surface area contributed by atoms with Gasteiger partial charge in [-0.1, -0.05) is 13.3 Å². The highest BCUT2D eigenvalue weighted by molar-refractivity contribution is 7.89. The van der Waals surface area contributed by atoms with Crippen LogP contribution in [0.5, 0.6) is 0 Å². The molecule has 0 bridgehead atoms. The number of sulfonamides is 1. The van der Waals surface area contributed by atoms with Crippen LogP contribution in [-0.2, 0) is 14.8 Å². The van der Waals surface area contributed by atoms with E-state index in [1.54, 1.807) is 4.90 Å². The number of halogens is 2. The van der Waals surface area contributed by atoms with Gasteiger partial charge in [0.15, 0.2) is 11.6 Å². The summed E-state index contributed by atoms with van der Waals surface area (Å²) in [5, 5.41) is 9.63. The molecule has 1 aliphatic carbocycles. The lowest BCUT2D eigenvalue weighted by Gasteiger charge is -2.45. The summed E-state index contributed by atoms with van der Waals surface area (Å²) in [6, 6.07) is 1.76. The van der Waals surface area contributed by atoms with E-state index >= 15 is 0 Å². The molecule has 3 aliphatic rings. The van der Waals surface area contributed by atoms with E-state index in [0.717, 1.165) is 24.6 Å². The molecule has 36 heavy (non-hydrogen) atoms. The zero-order valence-electron chi connectivity index (χ0n) is 21.3. The SMILES string of the molecule is CC[C@@H]1CCC[C@H](C2(OC(=O)N3CCN(C(C)(C)CO)CC3)CC2)N1S(=O)(=O)c1ccc(F)c(F)c1. The number of hydrogen-bond acceptors (Lipinski definition) is 6. The molecule has 1 saturated carbocycles. The van der Waals surface area contributed by atoms with E-state index in [-0.39, 0.29) is 23.1 Å². The first kappa shape index (κ1) is 27.2. The quantitative estimate of drug-likeness (QED) is 0.583. The Bertz CT molecular complexity index is 1070. The molecule has 202 valence electrons. The van der Waals surface area contributed by atoms with Crippen molar-refractivity contribution in [2.45, 2.75) is 87.4 Å². The number of aliphatic hydroxyl groups is 1. The molecular weight excluding hydrogens is 492 g/mol. The second-order valence-corrected chi connectivity index (χ2v) is 12.6. The monoisotopic (exact) mass is 529 g/mol. The first-order valence-corrected chi connectivity index (χ1v) is 14.2. The van der Waals surface area contributed by atoms with Gasteiger partial charge in [-0.2, -0.15) is 4.31 Å². The topological polar surface area (TPSA) is 90.4 Å². The third-order valence-corrected chi connectivity index (χ3v) is 10.00. The summed E-state index contributed by atoms with van der Waals surface area (Å²) in [6.07, 6.45) is 3.20. The highest BCUT2D eigenvalue weighted by Gasteiger charge is 2.59. The number of carbonyl (C=O) groups excluding carboxylic acids is 1. The van der Waals surface area contributed by atoms with E-state index in [1.807, 2.05) is 20.8 Å². The third kappa shape index (κ3) is 5.12. The van der Waals surface area contributed by atoms with Crippen molar-refractivity contribution in [1.29, 1.82) is 0 Å². The van der Waals surface area contributed by atoms with Crippen molar-refractivity contribution in [2.24, 2.45) is 0 Å². The highest BCUT2D eigenvalue weighted by atomic mass is 32.2. The van der Waals surface area contributed by atoms with Gasteiger partial charge in [-0.05, 0) is 64.2 Å². The molecule has 1 amide bonds. The Balaban J connectivity index is 1.53. The molecule has 0 spiro atoms. The average molecular weight is 530 g/mol. The van der Waals surface area contributed by atoms with E-state index in [0.29, 0.717) is 58.3 Å². The van der Waals surface area contributed by atoms with Gasteiger partial charge in [0.05, 0.1) is 17.5 Å². The first-order chi connectivity index (χ1) is 16.9. The molecule has 11 heteroatoms. The van der Waals surface area contributed by atoms with Crippen LogP contribution < -0.4 is 0 Å². The molecule has 0 unspecified atom stereocenters. The zero-order chi connectivity index (χ0) is 26.3. The molecule has 0 aromatic heterocycles. The van der Waals surface area contributed by atoms with Gasteiger partial charge < -0.3 is 14.7 Å². The van der Waals surface area contributed by atoms with Crippen molar-refractivity contribution < 1.29 is 31.8 Å². The third-order valence-electron chi connectivity index (χ3n) is 8.04. The Morgan fingerprint density at radius 3 is 2.36 bits per heavy atom. The van der Waals surface area contributed by atoms with Gasteiger partial charge in [-0.15, -0.1) is 0 Å². The van der Waals surface area contributed by atoms with Crippen LogP contribution in [0.1, 0.15) is 59.3 Å². The maximum atomic E-state index is 14.0. The number of benzene rings is 1. The number of rotatable bonds is 7. The molecule has 1 aromatic rings. The summed E-state index contributed by atoms with van der Waals surface area (Å²) in [5.41, 5.74) is -1.29. The van der Waals surface area contributed by atoms with E-state index < -0.39 is 39.4 Å². The number of nitrogens with zero attached hydrogens (tertiary/aromatic N) is 3. The summed E-state index contributed by atoms with van der Waals surface area (Å²) >= 11 is 0. The van der Waals surface area contributed by atoms with Crippen LogP contribution in [0.15, 0.2) is 23.1 Å². The maximum Gasteiger partial charge on any atom is 0.410 e. The summed E-state index contributed by atoms with van der Waals surface area (Å²) in [4.78, 5) is 16.6. The van der Waals surface area contributed by atoms with Gasteiger partial charge in [0.25, 0.3) is 0 Å². The Kier molecular flexibility index (Phi) is 7.68. The summed E-state index contributed by atoms with van der Waals surface area (Å²) in [5.74, 6) is -2.32. The standard InChI is InChI=1S/C25H37F2N3O5S/c1-4-18-6-5-7-22(30(18)36(33,34)19-8-9-20(26)21(27)16-19)25(10-11-25)35-23(32)28-12-14-29(15-13-28)24(2,3)17-31/h8-9,16,18,22,31H,4-7,10-15,17H2,1-3H3/t18-,22-/m1/s1. The van der Waals surface area contributed by atoms with Gasteiger partial charge >= 0.3 is 6.09 Å². The molecule has 3 fully saturated rings. The molecule has 1 N–H and O–H groups in total. The number of carbonyl (C=O) groups is 1. The minimum absolute atomic E-state index is 0.0170. The van der Waals surface area contributed by atoms with E-state index in [9.17, 15) is 27.1 Å². The molecule has 2 heterocycles. The van der Waals surface area contributed by atoms with Crippen LogP contribution in [0.3, 0.4) is 0 Å². The largest absolute Gasteiger partial charge is 0.441 e. The minimum Gasteiger partial charge on any atom is -0.441 e. The van der Waals surface area contributed by atoms with E-state index in [2.05, 4.69) is 4.90 Å². The first-order valence-electron chi connectivity index (χ1n) is 12.8. The normalized spacial score (nSPS) is 25.6. The van der Waals surface area contributed by atoms with Crippen LogP contribution in [0.4, 0.5) is 13.6 Å². The van der Waals surface area contributed by atoms with Crippen molar-refractivity contribution in [3.8, 4) is 0 Å². The Labute approximate surface area is 212 Å². The van der Waals surface area contributed by atoms with Crippen molar-refractivity contribution >= 4 is 16.1 Å². The van der Waals surface area contributed by atoms with Gasteiger partial charge in [-0.3, -0.25) is 4.90 Å². The van der Waals surface area contributed by atoms with Crippen LogP contribution in [0.2, 0.25) is 0 Å². The number of hydrogen-bond donors (Lipinski definition) is 1. The van der Waals surface area contributed by atoms with Gasteiger partial charge in [0, 0.05) is 37.8 Å². The van der Waals surface area contributed by atoms with Gasteiger partial charge in [-0.25, -0.2) is 22.0 Å². The molecule has 2 aliphatic heterocycles. The maximum absolute atomic E-state index is 14.0. The lowest BCUT2D eigenvalue weighted by atomic mass is 9.92. The molecule has 2 atom stereocenters. The molecule has 1 aromatic carbocycles. The van der Waals surface area contributed by atoms with Crippen LogP contribution in [-0.4, -0.2) is 89.7 Å². The lowest BCUT2D eigenvalue weighted by molar-refractivity contribution is -0.0245. The Morgan fingerprint density at radius 2 is 1.81 bits per heavy atom. The number of piperazine rings is 1. The highest BCUT2D eigenvalue weighted by Crippen LogP contribution is 2.50. The lowest BCUT2D eigenvalue weighted by Crippen LogP contribution is -2.59. The Hall–Kier alpha value is -1.82. The van der Waals surface area contributed by atoms with Crippen molar-refractivity contribution in [2.75, 3.05) is 32.8 Å². The second-order valence-electron chi connectivity index (χ2n) is 10.8. The fourth-order valence-electron chi connectivity index (χ4n) is 5.52. The number of aliphatic hydroxyl groups excluding tert-OH is 1. The minimum atomic E-state index is -4.15. The fraction of sp³-hybridized carbons (Fsp3) is 0.720. The molecule has 4 rings (SSSR count). The van der Waals surface area contributed by atoms with Crippen molar-refractivity contribution in [1.82, 2.24) is 14.1 Å². The zero-order valence-corrected chi connectivity index (χ0v) is 22.1. The van der Waals surface area contributed by atoms with Gasteiger partial charge in [0.1, 0.15) is 5.60 Å². The summed E-state index contributed by atoms with van der Waals surface area (Å²) in [6.45, 7) is 7.95. The number of ether oxygens (including phenoxy) is 1. The summed E-state index contributed by atoms with van der Waals surface area (Å²) < 4.78 is 62.3. The predicted molar refractivity (Wildman–Crippen MR) is 130 cm³/mol. The smallest absolute Gasteiger partial charge is 0.410 e. The fourth-order valence-corrected chi connectivity index (χ4v) is 7.53. The molecule has 8 nitrogen and oxygen atoms in total. The number of piperidine rings is 1. The van der Waals surface area contributed by atoms with Crippen LogP contribution in [0.25, 0.3) is 0 Å². The molecule has 0 radical (unpaired) electrons. The second kappa shape index (κ2) is 10.2. The summed E-state index contributed by atoms with van der Waals surface area (Å²) in [7, 11) is -4.15. The van der Waals surface area contributed by atoms with Crippen molar-refractivity contribution in [3.63, 3.8) is 0 Å². The molecular formula is C25H37F2N3O5S. The van der Waals surface area contributed by atoms with Gasteiger partial charge in [0.2, 0.25) is 10.0 Å². The van der Waals surface area contributed by atoms with Crippen molar-refractivity contribution in [3.05, 3.63) is 29.8 Å².